The van der Waals surface area contributed by atoms with Crippen molar-refractivity contribution in [1.82, 2.24) is 0 Å². The average Bonchev–Trinajstić information content (AvgIpc) is 2.41. The van der Waals surface area contributed by atoms with E-state index in [9.17, 15) is 5.11 Å². The second-order valence-electron chi connectivity index (χ2n) is 6.48. The largest absolute Gasteiger partial charge is 0.508 e. The monoisotopic (exact) mass is 276 g/mol. The molecule has 1 nitrogen and oxygen atoms in total. The molecule has 20 heavy (non-hydrogen) atoms. The number of benzene rings is 1. The zero-order chi connectivity index (χ0) is 14.8. The predicted molar refractivity (Wildman–Crippen MR) is 88.1 cm³/mol. The Balaban J connectivity index is 2.21. The molecule has 0 aliphatic heterocycles. The zero-order valence-corrected chi connectivity index (χ0v) is 13.6. The first-order valence-corrected chi connectivity index (χ1v) is 8.40. The van der Waals surface area contributed by atoms with Crippen LogP contribution in [-0.4, -0.2) is 5.11 Å². The number of rotatable bonds is 10. The van der Waals surface area contributed by atoms with Crippen LogP contribution in [0.1, 0.15) is 71.3 Å². The normalized spacial score (nSPS) is 14.2. The first-order chi connectivity index (χ1) is 9.63. The van der Waals surface area contributed by atoms with Crippen LogP contribution in [0.2, 0.25) is 0 Å². The van der Waals surface area contributed by atoms with E-state index in [2.05, 4.69) is 20.8 Å². The molecule has 1 rings (SSSR count). The van der Waals surface area contributed by atoms with Crippen molar-refractivity contribution in [2.75, 3.05) is 0 Å². The molecule has 1 N–H and O–H groups in total. The van der Waals surface area contributed by atoms with Crippen molar-refractivity contribution in [1.29, 1.82) is 0 Å². The SMILES string of the molecule is CCCCCCCC(C)CC(C)Cc1ccccc1O. The van der Waals surface area contributed by atoms with Crippen LogP contribution in [0.15, 0.2) is 24.3 Å². The van der Waals surface area contributed by atoms with Crippen molar-refractivity contribution >= 4 is 0 Å². The van der Waals surface area contributed by atoms with Gasteiger partial charge in [-0.3, -0.25) is 0 Å². The number of phenols is 1. The Morgan fingerprint density at radius 1 is 0.950 bits per heavy atom. The summed E-state index contributed by atoms with van der Waals surface area (Å²) in [4.78, 5) is 0. The first-order valence-electron chi connectivity index (χ1n) is 8.40. The number of hydrogen-bond donors (Lipinski definition) is 1. The Morgan fingerprint density at radius 2 is 1.65 bits per heavy atom. The molecule has 0 saturated heterocycles. The van der Waals surface area contributed by atoms with Crippen molar-refractivity contribution in [2.24, 2.45) is 11.8 Å². The lowest BCUT2D eigenvalue weighted by molar-refractivity contribution is 0.374. The minimum absolute atomic E-state index is 0.451. The van der Waals surface area contributed by atoms with E-state index in [4.69, 9.17) is 0 Å². The Hall–Kier alpha value is -0.980. The fraction of sp³-hybridized carbons (Fsp3) is 0.684. The molecule has 2 unspecified atom stereocenters. The summed E-state index contributed by atoms with van der Waals surface area (Å²) in [5, 5.41) is 9.82. The third-order valence-corrected chi connectivity index (χ3v) is 4.17. The van der Waals surface area contributed by atoms with E-state index in [1.165, 1.54) is 44.9 Å². The molecule has 0 aromatic heterocycles. The molecule has 0 aliphatic carbocycles. The Kier molecular flexibility index (Phi) is 8.41. The van der Waals surface area contributed by atoms with Crippen LogP contribution in [-0.2, 0) is 6.42 Å². The molecular formula is C19H32O. The van der Waals surface area contributed by atoms with Gasteiger partial charge in [0.25, 0.3) is 0 Å². The van der Waals surface area contributed by atoms with Gasteiger partial charge in [-0.05, 0) is 36.3 Å². The topological polar surface area (TPSA) is 20.2 Å². The van der Waals surface area contributed by atoms with E-state index >= 15 is 0 Å². The third kappa shape index (κ3) is 6.98. The molecule has 0 heterocycles. The molecule has 0 saturated carbocycles. The van der Waals surface area contributed by atoms with Crippen molar-refractivity contribution in [3.63, 3.8) is 0 Å². The summed E-state index contributed by atoms with van der Waals surface area (Å²) in [7, 11) is 0. The van der Waals surface area contributed by atoms with Crippen LogP contribution in [0, 0.1) is 11.8 Å². The van der Waals surface area contributed by atoms with Crippen molar-refractivity contribution in [3.8, 4) is 5.75 Å². The molecule has 0 fully saturated rings. The number of para-hydroxylation sites is 1. The molecule has 0 bridgehead atoms. The highest BCUT2D eigenvalue weighted by atomic mass is 16.3. The lowest BCUT2D eigenvalue weighted by Gasteiger charge is -2.17. The molecule has 0 spiro atoms. The highest BCUT2D eigenvalue weighted by molar-refractivity contribution is 5.31. The Bertz CT molecular complexity index is 359. The van der Waals surface area contributed by atoms with E-state index in [-0.39, 0.29) is 0 Å². The quantitative estimate of drug-likeness (QED) is 0.523. The van der Waals surface area contributed by atoms with Crippen LogP contribution in [0.4, 0.5) is 0 Å². The van der Waals surface area contributed by atoms with Gasteiger partial charge in [0.05, 0.1) is 0 Å². The summed E-state index contributed by atoms with van der Waals surface area (Å²) in [5.74, 6) is 1.90. The average molecular weight is 276 g/mol. The van der Waals surface area contributed by atoms with Crippen LogP contribution in [0.5, 0.6) is 5.75 Å². The highest BCUT2D eigenvalue weighted by Gasteiger charge is 2.11. The molecule has 1 heteroatoms. The van der Waals surface area contributed by atoms with E-state index in [0.717, 1.165) is 17.9 Å². The van der Waals surface area contributed by atoms with Gasteiger partial charge in [-0.15, -0.1) is 0 Å². The van der Waals surface area contributed by atoms with E-state index < -0.39 is 0 Å². The van der Waals surface area contributed by atoms with E-state index in [1.807, 2.05) is 18.2 Å². The van der Waals surface area contributed by atoms with Crippen molar-refractivity contribution < 1.29 is 5.11 Å². The lowest BCUT2D eigenvalue weighted by Crippen LogP contribution is -2.06. The van der Waals surface area contributed by atoms with Crippen LogP contribution in [0.25, 0.3) is 0 Å². The molecular weight excluding hydrogens is 244 g/mol. The van der Waals surface area contributed by atoms with Crippen LogP contribution in [0.3, 0.4) is 0 Å². The predicted octanol–water partition coefficient (Wildman–Crippen LogP) is 5.96. The van der Waals surface area contributed by atoms with Gasteiger partial charge in [0, 0.05) is 0 Å². The van der Waals surface area contributed by atoms with Gasteiger partial charge in [0.15, 0.2) is 0 Å². The molecule has 114 valence electrons. The number of unbranched alkanes of at least 4 members (excludes halogenated alkanes) is 4. The summed E-state index contributed by atoms with van der Waals surface area (Å²) in [6, 6.07) is 7.74. The maximum Gasteiger partial charge on any atom is 0.118 e. The van der Waals surface area contributed by atoms with Gasteiger partial charge in [-0.1, -0.05) is 77.5 Å². The minimum atomic E-state index is 0.451. The molecule has 1 aromatic rings. The lowest BCUT2D eigenvalue weighted by atomic mass is 9.88. The second-order valence-corrected chi connectivity index (χ2v) is 6.48. The van der Waals surface area contributed by atoms with Crippen LogP contribution < -0.4 is 0 Å². The Morgan fingerprint density at radius 3 is 2.35 bits per heavy atom. The van der Waals surface area contributed by atoms with Gasteiger partial charge in [-0.2, -0.15) is 0 Å². The molecule has 0 amide bonds. The zero-order valence-electron chi connectivity index (χ0n) is 13.6. The maximum absolute atomic E-state index is 9.82. The smallest absolute Gasteiger partial charge is 0.118 e. The number of hydrogen-bond acceptors (Lipinski definition) is 1. The molecule has 0 aliphatic rings. The maximum atomic E-state index is 9.82. The summed E-state index contributed by atoms with van der Waals surface area (Å²) >= 11 is 0. The fourth-order valence-corrected chi connectivity index (χ4v) is 3.04. The summed E-state index contributed by atoms with van der Waals surface area (Å²) in [6.07, 6.45) is 10.5. The molecule has 1 aromatic carbocycles. The summed E-state index contributed by atoms with van der Waals surface area (Å²) < 4.78 is 0. The van der Waals surface area contributed by atoms with Gasteiger partial charge in [-0.25, -0.2) is 0 Å². The third-order valence-electron chi connectivity index (χ3n) is 4.17. The molecule has 2 atom stereocenters. The van der Waals surface area contributed by atoms with Gasteiger partial charge < -0.3 is 5.11 Å². The van der Waals surface area contributed by atoms with Crippen molar-refractivity contribution in [2.45, 2.75) is 72.1 Å². The first kappa shape index (κ1) is 17.1. The van der Waals surface area contributed by atoms with Crippen LogP contribution >= 0.6 is 0 Å². The summed E-state index contributed by atoms with van der Waals surface area (Å²) in [6.45, 7) is 6.95. The highest BCUT2D eigenvalue weighted by Crippen LogP contribution is 2.25. The van der Waals surface area contributed by atoms with Gasteiger partial charge in [0.1, 0.15) is 5.75 Å². The molecule has 0 radical (unpaired) electrons. The van der Waals surface area contributed by atoms with Crippen molar-refractivity contribution in [3.05, 3.63) is 29.8 Å². The fourth-order valence-electron chi connectivity index (χ4n) is 3.04. The minimum Gasteiger partial charge on any atom is -0.508 e. The summed E-state index contributed by atoms with van der Waals surface area (Å²) in [5.41, 5.74) is 1.09. The van der Waals surface area contributed by atoms with E-state index in [0.29, 0.717) is 11.7 Å². The standard InChI is InChI=1S/C19H32O/c1-4-5-6-7-8-11-16(2)14-17(3)15-18-12-9-10-13-19(18)20/h9-10,12-13,16-17,20H,4-8,11,14-15H2,1-3H3. The van der Waals surface area contributed by atoms with Gasteiger partial charge >= 0.3 is 0 Å². The Labute approximate surface area is 125 Å². The number of phenolic OH excluding ortho intramolecular Hbond substituents is 1. The van der Waals surface area contributed by atoms with Gasteiger partial charge in [0.2, 0.25) is 0 Å². The number of aromatic hydroxyl groups is 1. The van der Waals surface area contributed by atoms with E-state index in [1.54, 1.807) is 6.07 Å². The second kappa shape index (κ2) is 9.85.